The van der Waals surface area contributed by atoms with E-state index in [4.69, 9.17) is 0 Å². The number of rotatable bonds is 5. The van der Waals surface area contributed by atoms with Gasteiger partial charge in [-0.15, -0.1) is 0 Å². The third kappa shape index (κ3) is 2.61. The fourth-order valence-corrected chi connectivity index (χ4v) is 4.42. The Balaban J connectivity index is 1.84. The van der Waals surface area contributed by atoms with Gasteiger partial charge in [0.2, 0.25) is 0 Å². The van der Waals surface area contributed by atoms with Crippen molar-refractivity contribution in [2.75, 3.05) is 6.61 Å². The lowest BCUT2D eigenvalue weighted by atomic mass is 9.95. The van der Waals surface area contributed by atoms with Crippen LogP contribution in [-0.4, -0.2) is 32.7 Å². The van der Waals surface area contributed by atoms with Crippen molar-refractivity contribution >= 4 is 44.8 Å². The number of carbonyl (C=O) groups excluding carboxylic acids is 2. The molecular formula is C24H21N3O3. The minimum Gasteiger partial charge on any atom is -0.395 e. The SMILES string of the molecule is CCn1cc(C2=C(c3cn(CCO)c4ccccc34)C(=O)NC2=O)c2ccccc21. The smallest absolute Gasteiger partial charge is 0.259 e. The highest BCUT2D eigenvalue weighted by atomic mass is 16.3. The zero-order valence-electron chi connectivity index (χ0n) is 16.6. The fraction of sp³-hybridized carbons (Fsp3) is 0.167. The Bertz CT molecular complexity index is 1360. The largest absolute Gasteiger partial charge is 0.395 e. The minimum absolute atomic E-state index is 0.0147. The van der Waals surface area contributed by atoms with Gasteiger partial charge < -0.3 is 14.2 Å². The Hall–Kier alpha value is -3.64. The highest BCUT2D eigenvalue weighted by molar-refractivity contribution is 6.50. The Kier molecular flexibility index (Phi) is 4.29. The summed E-state index contributed by atoms with van der Waals surface area (Å²) in [6.07, 6.45) is 3.80. The Morgan fingerprint density at radius 2 is 1.30 bits per heavy atom. The van der Waals surface area contributed by atoms with Gasteiger partial charge in [-0.25, -0.2) is 0 Å². The second-order valence-electron chi connectivity index (χ2n) is 7.36. The van der Waals surface area contributed by atoms with Crippen molar-refractivity contribution in [2.45, 2.75) is 20.0 Å². The van der Waals surface area contributed by atoms with Crippen molar-refractivity contribution in [3.8, 4) is 0 Å². The first-order valence-electron chi connectivity index (χ1n) is 10.0. The molecule has 0 unspecified atom stereocenters. The molecule has 2 aromatic carbocycles. The molecule has 0 saturated carbocycles. The quantitative estimate of drug-likeness (QED) is 0.506. The van der Waals surface area contributed by atoms with Gasteiger partial charge in [-0.1, -0.05) is 36.4 Å². The number of nitrogens with zero attached hydrogens (tertiary/aromatic N) is 2. The molecule has 0 spiro atoms. The molecule has 150 valence electrons. The molecule has 30 heavy (non-hydrogen) atoms. The Morgan fingerprint density at radius 3 is 1.83 bits per heavy atom. The molecule has 2 aromatic heterocycles. The maximum atomic E-state index is 12.9. The first-order chi connectivity index (χ1) is 14.6. The number of hydrogen-bond donors (Lipinski definition) is 2. The summed E-state index contributed by atoms with van der Waals surface area (Å²) in [6, 6.07) is 15.6. The number of hydrogen-bond acceptors (Lipinski definition) is 3. The van der Waals surface area contributed by atoms with Crippen LogP contribution in [0.2, 0.25) is 0 Å². The maximum Gasteiger partial charge on any atom is 0.259 e. The number of para-hydroxylation sites is 2. The van der Waals surface area contributed by atoms with Crippen LogP contribution in [0.15, 0.2) is 60.9 Å². The first-order valence-corrected chi connectivity index (χ1v) is 10.0. The molecule has 0 fully saturated rings. The molecule has 4 aromatic rings. The van der Waals surface area contributed by atoms with Crippen molar-refractivity contribution in [1.82, 2.24) is 14.5 Å². The highest BCUT2D eigenvalue weighted by Crippen LogP contribution is 2.38. The number of nitrogens with one attached hydrogen (secondary N) is 1. The predicted octanol–water partition coefficient (Wildman–Crippen LogP) is 3.18. The molecule has 2 N–H and O–H groups in total. The summed E-state index contributed by atoms with van der Waals surface area (Å²) >= 11 is 0. The van der Waals surface area contributed by atoms with Gasteiger partial charge in [0.15, 0.2) is 0 Å². The molecule has 0 bridgehead atoms. The van der Waals surface area contributed by atoms with Gasteiger partial charge in [0.05, 0.1) is 17.8 Å². The van der Waals surface area contributed by atoms with E-state index in [2.05, 4.69) is 9.88 Å². The third-order valence-electron chi connectivity index (χ3n) is 5.73. The van der Waals surface area contributed by atoms with Gasteiger partial charge in [-0.3, -0.25) is 14.9 Å². The van der Waals surface area contributed by atoms with E-state index in [9.17, 15) is 14.7 Å². The van der Waals surface area contributed by atoms with Crippen LogP contribution in [0, 0.1) is 0 Å². The standard InChI is InChI=1S/C24H21N3O3/c1-2-26-13-17(15-7-3-5-9-19(15)26)21-22(24(30)25-23(21)29)18-14-27(11-12-28)20-10-6-4-8-16(18)20/h3-10,13-14,28H,2,11-12H2,1H3,(H,25,29,30). The molecule has 2 amide bonds. The molecule has 0 aliphatic carbocycles. The lowest BCUT2D eigenvalue weighted by Crippen LogP contribution is -2.22. The van der Waals surface area contributed by atoms with Crippen LogP contribution < -0.4 is 5.32 Å². The predicted molar refractivity (Wildman–Crippen MR) is 117 cm³/mol. The van der Waals surface area contributed by atoms with E-state index in [1.54, 1.807) is 0 Å². The lowest BCUT2D eigenvalue weighted by molar-refractivity contribution is -0.122. The number of aliphatic hydroxyl groups excluding tert-OH is 1. The van der Waals surface area contributed by atoms with Crippen LogP contribution in [0.25, 0.3) is 33.0 Å². The van der Waals surface area contributed by atoms with Crippen LogP contribution in [0.1, 0.15) is 18.1 Å². The summed E-state index contributed by atoms with van der Waals surface area (Å²) in [4.78, 5) is 25.9. The van der Waals surface area contributed by atoms with Crippen molar-refractivity contribution < 1.29 is 14.7 Å². The maximum absolute atomic E-state index is 12.9. The fourth-order valence-electron chi connectivity index (χ4n) is 4.42. The molecule has 1 aliphatic rings. The van der Waals surface area contributed by atoms with E-state index in [0.717, 1.165) is 33.9 Å². The number of fused-ring (bicyclic) bond motifs is 2. The molecule has 0 saturated heterocycles. The molecule has 3 heterocycles. The van der Waals surface area contributed by atoms with Crippen LogP contribution in [-0.2, 0) is 22.7 Å². The van der Waals surface area contributed by atoms with Gasteiger partial charge in [0.1, 0.15) is 0 Å². The number of amides is 2. The van der Waals surface area contributed by atoms with E-state index in [1.165, 1.54) is 0 Å². The van der Waals surface area contributed by atoms with Gasteiger partial charge in [-0.05, 0) is 19.1 Å². The zero-order valence-corrected chi connectivity index (χ0v) is 16.6. The van der Waals surface area contributed by atoms with E-state index < -0.39 is 5.91 Å². The molecule has 6 nitrogen and oxygen atoms in total. The summed E-state index contributed by atoms with van der Waals surface area (Å²) in [5.74, 6) is -0.775. The first kappa shape index (κ1) is 18.4. The van der Waals surface area contributed by atoms with Crippen LogP contribution >= 0.6 is 0 Å². The summed E-state index contributed by atoms with van der Waals surface area (Å²) in [5, 5.41) is 13.8. The number of aliphatic hydroxyl groups is 1. The number of aryl methyl sites for hydroxylation is 1. The average Bonchev–Trinajstić information content (AvgIpc) is 3.39. The van der Waals surface area contributed by atoms with Crippen molar-refractivity contribution in [1.29, 1.82) is 0 Å². The molecule has 0 atom stereocenters. The van der Waals surface area contributed by atoms with Crippen molar-refractivity contribution in [3.05, 3.63) is 72.1 Å². The van der Waals surface area contributed by atoms with Crippen molar-refractivity contribution in [2.24, 2.45) is 0 Å². The average molecular weight is 399 g/mol. The summed E-state index contributed by atoms with van der Waals surface area (Å²) in [6.45, 7) is 3.20. The van der Waals surface area contributed by atoms with Crippen LogP contribution in [0.4, 0.5) is 0 Å². The number of aromatic nitrogens is 2. The number of imide groups is 1. The molecule has 0 radical (unpaired) electrons. The molecule has 1 aliphatic heterocycles. The second-order valence-corrected chi connectivity index (χ2v) is 7.36. The van der Waals surface area contributed by atoms with E-state index in [-0.39, 0.29) is 12.5 Å². The Morgan fingerprint density at radius 1 is 0.800 bits per heavy atom. The molecular weight excluding hydrogens is 378 g/mol. The normalized spacial score (nSPS) is 14.3. The zero-order chi connectivity index (χ0) is 20.8. The monoisotopic (exact) mass is 399 g/mol. The summed E-state index contributed by atoms with van der Waals surface area (Å²) in [5.41, 5.74) is 4.17. The van der Waals surface area contributed by atoms with Gasteiger partial charge >= 0.3 is 0 Å². The molecule has 6 heteroatoms. The summed E-state index contributed by atoms with van der Waals surface area (Å²) < 4.78 is 4.00. The summed E-state index contributed by atoms with van der Waals surface area (Å²) in [7, 11) is 0. The van der Waals surface area contributed by atoms with E-state index >= 15 is 0 Å². The van der Waals surface area contributed by atoms with Gasteiger partial charge in [0, 0.05) is 58.4 Å². The van der Waals surface area contributed by atoms with E-state index in [1.807, 2.05) is 72.4 Å². The second kappa shape index (κ2) is 7.00. The van der Waals surface area contributed by atoms with Crippen molar-refractivity contribution in [3.63, 3.8) is 0 Å². The Labute approximate surface area is 173 Å². The number of carbonyl (C=O) groups is 2. The highest BCUT2D eigenvalue weighted by Gasteiger charge is 2.35. The number of benzene rings is 2. The molecule has 5 rings (SSSR count). The van der Waals surface area contributed by atoms with Crippen LogP contribution in [0.5, 0.6) is 0 Å². The van der Waals surface area contributed by atoms with Gasteiger partial charge in [0.25, 0.3) is 11.8 Å². The lowest BCUT2D eigenvalue weighted by Gasteiger charge is -2.03. The third-order valence-corrected chi connectivity index (χ3v) is 5.73. The topological polar surface area (TPSA) is 76.3 Å². The van der Waals surface area contributed by atoms with Crippen LogP contribution in [0.3, 0.4) is 0 Å². The minimum atomic E-state index is -0.393. The van der Waals surface area contributed by atoms with Gasteiger partial charge in [-0.2, -0.15) is 0 Å². The van der Waals surface area contributed by atoms with E-state index in [0.29, 0.717) is 23.3 Å².